The van der Waals surface area contributed by atoms with E-state index in [0.29, 0.717) is 13.1 Å². The molecule has 1 aliphatic rings. The van der Waals surface area contributed by atoms with Crippen molar-refractivity contribution in [2.24, 2.45) is 4.99 Å². The largest absolute Gasteiger partial charge is 0.454 e. The predicted molar refractivity (Wildman–Crippen MR) is 102 cm³/mol. The van der Waals surface area contributed by atoms with Gasteiger partial charge in [0.2, 0.25) is 6.79 Å². The molecular weight excluding hydrogens is 344 g/mol. The minimum absolute atomic E-state index is 0.287. The molecule has 27 heavy (non-hydrogen) atoms. The molecule has 1 aromatic carbocycles. The van der Waals surface area contributed by atoms with Crippen LogP contribution in [-0.2, 0) is 13.0 Å². The third-order valence-electron chi connectivity index (χ3n) is 4.45. The maximum Gasteiger partial charge on any atom is 0.231 e. The van der Waals surface area contributed by atoms with Gasteiger partial charge in [0.15, 0.2) is 23.1 Å². The van der Waals surface area contributed by atoms with Crippen LogP contribution in [0.4, 0.5) is 0 Å². The van der Waals surface area contributed by atoms with Gasteiger partial charge in [-0.05, 0) is 29.8 Å². The first-order valence-corrected chi connectivity index (χ1v) is 8.83. The summed E-state index contributed by atoms with van der Waals surface area (Å²) < 4.78 is 12.8. The molecule has 8 nitrogen and oxygen atoms in total. The molecule has 1 aliphatic heterocycles. The first-order valence-electron chi connectivity index (χ1n) is 8.83. The van der Waals surface area contributed by atoms with Gasteiger partial charge in [-0.25, -0.2) is 0 Å². The summed E-state index contributed by atoms with van der Waals surface area (Å²) in [6.07, 6.45) is 2.73. The van der Waals surface area contributed by atoms with E-state index < -0.39 is 0 Å². The fourth-order valence-electron chi connectivity index (χ4n) is 3.12. The topological polar surface area (TPSA) is 76.3 Å². The lowest BCUT2D eigenvalue weighted by atomic mass is 10.2. The summed E-state index contributed by atoms with van der Waals surface area (Å²) in [6, 6.07) is 11.9. The molecule has 0 bridgehead atoms. The van der Waals surface area contributed by atoms with E-state index in [1.165, 1.54) is 0 Å². The minimum atomic E-state index is 0.287. The van der Waals surface area contributed by atoms with E-state index in [1.807, 2.05) is 54.0 Å². The summed E-state index contributed by atoms with van der Waals surface area (Å²) in [6.45, 7) is 1.72. The second-order valence-electron chi connectivity index (χ2n) is 6.31. The lowest BCUT2D eigenvalue weighted by Crippen LogP contribution is -2.39. The van der Waals surface area contributed by atoms with Crippen molar-refractivity contribution in [2.75, 3.05) is 27.4 Å². The van der Waals surface area contributed by atoms with E-state index in [4.69, 9.17) is 9.47 Å². The molecule has 0 radical (unpaired) electrons. The number of guanidine groups is 1. The van der Waals surface area contributed by atoms with Crippen LogP contribution in [0.25, 0.3) is 5.65 Å². The number of aliphatic imine (C=N–C) groups is 1. The predicted octanol–water partition coefficient (Wildman–Crippen LogP) is 1.71. The number of hydrogen-bond acceptors (Lipinski definition) is 5. The summed E-state index contributed by atoms with van der Waals surface area (Å²) in [5, 5.41) is 11.8. The Morgan fingerprint density at radius 1 is 1.22 bits per heavy atom. The Morgan fingerprint density at radius 3 is 3.00 bits per heavy atom. The van der Waals surface area contributed by atoms with Crippen LogP contribution < -0.4 is 14.8 Å². The summed E-state index contributed by atoms with van der Waals surface area (Å²) in [7, 11) is 3.79. The van der Waals surface area contributed by atoms with E-state index in [-0.39, 0.29) is 6.79 Å². The van der Waals surface area contributed by atoms with E-state index >= 15 is 0 Å². The molecule has 0 unspecified atom stereocenters. The third kappa shape index (κ3) is 3.64. The molecule has 0 saturated carbocycles. The molecule has 0 fully saturated rings. The Balaban J connectivity index is 1.34. The zero-order chi connectivity index (χ0) is 18.6. The average molecular weight is 366 g/mol. The molecule has 8 heteroatoms. The molecule has 140 valence electrons. The SMILES string of the molecule is CN=C(NCCc1nnc2ccccn12)N(C)Cc1ccc2c(c1)OCO2. The van der Waals surface area contributed by atoms with Crippen LogP contribution in [0.3, 0.4) is 0 Å². The normalized spacial score (nSPS) is 13.2. The number of pyridine rings is 1. The smallest absolute Gasteiger partial charge is 0.231 e. The van der Waals surface area contributed by atoms with E-state index in [9.17, 15) is 0 Å². The Hall–Kier alpha value is -3.29. The maximum atomic E-state index is 5.45. The second-order valence-corrected chi connectivity index (χ2v) is 6.31. The number of nitrogens with zero attached hydrogens (tertiary/aromatic N) is 5. The van der Waals surface area contributed by atoms with Crippen LogP contribution in [0, 0.1) is 0 Å². The highest BCUT2D eigenvalue weighted by Gasteiger charge is 2.15. The van der Waals surface area contributed by atoms with Crippen molar-refractivity contribution in [2.45, 2.75) is 13.0 Å². The summed E-state index contributed by atoms with van der Waals surface area (Å²) in [5.74, 6) is 3.33. The molecule has 0 spiro atoms. The van der Waals surface area contributed by atoms with Gasteiger partial charge in [0.1, 0.15) is 5.82 Å². The quantitative estimate of drug-likeness (QED) is 0.547. The first-order chi connectivity index (χ1) is 13.2. The Bertz CT molecular complexity index is 968. The van der Waals surface area contributed by atoms with Gasteiger partial charge in [-0.1, -0.05) is 12.1 Å². The summed E-state index contributed by atoms with van der Waals surface area (Å²) in [5.41, 5.74) is 1.99. The van der Waals surface area contributed by atoms with Crippen LogP contribution in [0.1, 0.15) is 11.4 Å². The van der Waals surface area contributed by atoms with Crippen molar-refractivity contribution in [1.82, 2.24) is 24.8 Å². The highest BCUT2D eigenvalue weighted by molar-refractivity contribution is 5.79. The number of hydrogen-bond donors (Lipinski definition) is 1. The zero-order valence-corrected chi connectivity index (χ0v) is 15.4. The van der Waals surface area contributed by atoms with Crippen LogP contribution >= 0.6 is 0 Å². The standard InChI is InChI=1S/C19H22N6O2/c1-20-19(21-9-8-18-23-22-17-5-3-4-10-25(17)18)24(2)12-14-6-7-15-16(11-14)27-13-26-15/h3-7,10-11H,8-9,12-13H2,1-2H3,(H,20,21). The molecule has 4 rings (SSSR count). The van der Waals surface area contributed by atoms with Crippen LogP contribution in [0.5, 0.6) is 11.5 Å². The van der Waals surface area contributed by atoms with Crippen molar-refractivity contribution in [3.8, 4) is 11.5 Å². The van der Waals surface area contributed by atoms with Crippen molar-refractivity contribution in [3.63, 3.8) is 0 Å². The Morgan fingerprint density at radius 2 is 2.11 bits per heavy atom. The molecule has 0 aliphatic carbocycles. The molecule has 0 atom stereocenters. The Labute approximate surface area is 157 Å². The van der Waals surface area contributed by atoms with Crippen LogP contribution in [-0.4, -0.2) is 52.9 Å². The molecule has 3 heterocycles. The zero-order valence-electron chi connectivity index (χ0n) is 15.4. The first kappa shape index (κ1) is 17.1. The van der Waals surface area contributed by atoms with Crippen molar-refractivity contribution >= 4 is 11.6 Å². The Kier molecular flexibility index (Phi) is 4.78. The van der Waals surface area contributed by atoms with Gasteiger partial charge in [0.05, 0.1) is 0 Å². The lowest BCUT2D eigenvalue weighted by Gasteiger charge is -2.22. The molecule has 0 amide bonds. The fourth-order valence-corrected chi connectivity index (χ4v) is 3.12. The second kappa shape index (κ2) is 7.53. The van der Waals surface area contributed by atoms with Gasteiger partial charge < -0.3 is 19.7 Å². The molecule has 0 saturated heterocycles. The van der Waals surface area contributed by atoms with E-state index in [0.717, 1.165) is 40.9 Å². The number of rotatable bonds is 5. The number of ether oxygens (including phenoxy) is 2. The summed E-state index contributed by atoms with van der Waals surface area (Å²) in [4.78, 5) is 6.44. The highest BCUT2D eigenvalue weighted by atomic mass is 16.7. The van der Waals surface area contributed by atoms with Crippen LogP contribution in [0.2, 0.25) is 0 Å². The number of nitrogens with one attached hydrogen (secondary N) is 1. The van der Waals surface area contributed by atoms with Gasteiger partial charge in [0, 0.05) is 39.8 Å². The van der Waals surface area contributed by atoms with E-state index in [1.54, 1.807) is 7.05 Å². The third-order valence-corrected chi connectivity index (χ3v) is 4.45. The molecule has 3 aromatic rings. The van der Waals surface area contributed by atoms with Gasteiger partial charge in [-0.3, -0.25) is 9.39 Å². The highest BCUT2D eigenvalue weighted by Crippen LogP contribution is 2.32. The van der Waals surface area contributed by atoms with Crippen molar-refractivity contribution in [1.29, 1.82) is 0 Å². The van der Waals surface area contributed by atoms with Crippen molar-refractivity contribution < 1.29 is 9.47 Å². The monoisotopic (exact) mass is 366 g/mol. The number of fused-ring (bicyclic) bond motifs is 2. The van der Waals surface area contributed by atoms with E-state index in [2.05, 4.69) is 25.4 Å². The summed E-state index contributed by atoms with van der Waals surface area (Å²) >= 11 is 0. The maximum absolute atomic E-state index is 5.45. The van der Waals surface area contributed by atoms with Crippen molar-refractivity contribution in [3.05, 3.63) is 54.0 Å². The fraction of sp³-hybridized carbons (Fsp3) is 0.316. The van der Waals surface area contributed by atoms with Gasteiger partial charge in [-0.2, -0.15) is 0 Å². The van der Waals surface area contributed by atoms with Gasteiger partial charge in [0.25, 0.3) is 0 Å². The lowest BCUT2D eigenvalue weighted by molar-refractivity contribution is 0.174. The van der Waals surface area contributed by atoms with Crippen LogP contribution in [0.15, 0.2) is 47.6 Å². The average Bonchev–Trinajstić information content (AvgIpc) is 3.31. The van der Waals surface area contributed by atoms with Gasteiger partial charge in [-0.15, -0.1) is 10.2 Å². The molecule has 2 aromatic heterocycles. The number of aromatic nitrogens is 3. The number of benzene rings is 1. The molecular formula is C19H22N6O2. The molecule has 1 N–H and O–H groups in total. The minimum Gasteiger partial charge on any atom is -0.454 e. The van der Waals surface area contributed by atoms with Gasteiger partial charge >= 0.3 is 0 Å².